The number of nitrogens with zero attached hydrogens (tertiary/aromatic N) is 3. The highest BCUT2D eigenvalue weighted by molar-refractivity contribution is 5.92. The van der Waals surface area contributed by atoms with E-state index in [-0.39, 0.29) is 30.5 Å². The minimum atomic E-state index is -0.570. The van der Waals surface area contributed by atoms with E-state index in [1.165, 1.54) is 0 Å². The van der Waals surface area contributed by atoms with Crippen LogP contribution in [0.2, 0.25) is 0 Å². The predicted molar refractivity (Wildman–Crippen MR) is 92.6 cm³/mol. The van der Waals surface area contributed by atoms with Crippen LogP contribution in [0.15, 0.2) is 10.6 Å². The van der Waals surface area contributed by atoms with Crippen LogP contribution in [-0.2, 0) is 9.53 Å². The molecule has 0 unspecified atom stereocenters. The normalized spacial score (nSPS) is 14.9. The average molecular weight is 366 g/mol. The fourth-order valence-electron chi connectivity index (χ4n) is 2.53. The Morgan fingerprint density at radius 3 is 2.35 bits per heavy atom. The number of rotatable bonds is 4. The Hall–Kier alpha value is -2.58. The monoisotopic (exact) mass is 366 g/mol. The highest BCUT2D eigenvalue weighted by Gasteiger charge is 2.26. The highest BCUT2D eigenvalue weighted by Crippen LogP contribution is 2.10. The molecule has 1 aliphatic heterocycles. The number of ether oxygens (including phenoxy) is 1. The second-order valence-electron chi connectivity index (χ2n) is 7.17. The first-order valence-electron chi connectivity index (χ1n) is 8.63. The summed E-state index contributed by atoms with van der Waals surface area (Å²) in [5.41, 5.74) is -0.289. The van der Waals surface area contributed by atoms with Crippen LogP contribution < -0.4 is 5.32 Å². The second-order valence-corrected chi connectivity index (χ2v) is 7.17. The number of amides is 3. The number of hydrogen-bond acceptors (Lipinski definition) is 6. The van der Waals surface area contributed by atoms with Crippen LogP contribution >= 0.6 is 0 Å². The van der Waals surface area contributed by atoms with Crippen molar-refractivity contribution in [1.82, 2.24) is 20.3 Å². The summed E-state index contributed by atoms with van der Waals surface area (Å²) < 4.78 is 10.0. The molecule has 0 saturated carbocycles. The molecular weight excluding hydrogens is 340 g/mol. The van der Waals surface area contributed by atoms with Crippen molar-refractivity contribution < 1.29 is 23.6 Å². The molecule has 0 spiro atoms. The van der Waals surface area contributed by atoms with Gasteiger partial charge in [0.05, 0.1) is 0 Å². The SMILES string of the molecule is Cc1cc(C(=O)N2CCN(C(=O)CCNC(=O)OC(C)(C)C)CC2)no1. The van der Waals surface area contributed by atoms with Crippen LogP contribution in [0.5, 0.6) is 0 Å². The van der Waals surface area contributed by atoms with Gasteiger partial charge >= 0.3 is 6.09 Å². The lowest BCUT2D eigenvalue weighted by Gasteiger charge is -2.34. The van der Waals surface area contributed by atoms with E-state index < -0.39 is 11.7 Å². The average Bonchev–Trinajstić information content (AvgIpc) is 2.99. The third-order valence-corrected chi connectivity index (χ3v) is 3.77. The van der Waals surface area contributed by atoms with Crippen LogP contribution in [0.3, 0.4) is 0 Å². The van der Waals surface area contributed by atoms with Crippen molar-refractivity contribution in [3.8, 4) is 0 Å². The first-order chi connectivity index (χ1) is 12.2. The van der Waals surface area contributed by atoms with E-state index in [1.54, 1.807) is 43.6 Å². The molecule has 1 aromatic heterocycles. The van der Waals surface area contributed by atoms with Crippen LogP contribution in [0.1, 0.15) is 43.4 Å². The Labute approximate surface area is 152 Å². The van der Waals surface area contributed by atoms with Crippen molar-refractivity contribution >= 4 is 17.9 Å². The molecule has 0 aromatic carbocycles. The van der Waals surface area contributed by atoms with Gasteiger partial charge < -0.3 is 24.4 Å². The van der Waals surface area contributed by atoms with E-state index in [9.17, 15) is 14.4 Å². The molecule has 0 bridgehead atoms. The van der Waals surface area contributed by atoms with Crippen molar-refractivity contribution in [2.24, 2.45) is 0 Å². The quantitative estimate of drug-likeness (QED) is 0.858. The van der Waals surface area contributed by atoms with Gasteiger partial charge in [-0.3, -0.25) is 9.59 Å². The Morgan fingerprint density at radius 2 is 1.81 bits per heavy atom. The summed E-state index contributed by atoms with van der Waals surface area (Å²) in [7, 11) is 0. The molecule has 0 atom stereocenters. The van der Waals surface area contributed by atoms with Crippen molar-refractivity contribution in [3.05, 3.63) is 17.5 Å². The molecule has 0 radical (unpaired) electrons. The Kier molecular flexibility index (Phi) is 6.23. The smallest absolute Gasteiger partial charge is 0.407 e. The molecule has 2 rings (SSSR count). The van der Waals surface area contributed by atoms with E-state index in [2.05, 4.69) is 10.5 Å². The number of carbonyl (C=O) groups is 3. The summed E-state index contributed by atoms with van der Waals surface area (Å²) in [5.74, 6) is 0.325. The number of carbonyl (C=O) groups excluding carboxylic acids is 3. The first kappa shape index (κ1) is 19.7. The minimum absolute atomic E-state index is 0.0644. The van der Waals surface area contributed by atoms with Gasteiger partial charge in [0.25, 0.3) is 5.91 Å². The molecule has 26 heavy (non-hydrogen) atoms. The molecule has 144 valence electrons. The number of nitrogens with one attached hydrogen (secondary N) is 1. The number of alkyl carbamates (subject to hydrolysis) is 1. The molecule has 1 N–H and O–H groups in total. The van der Waals surface area contributed by atoms with Crippen LogP contribution in [0.4, 0.5) is 4.79 Å². The van der Waals surface area contributed by atoms with E-state index in [4.69, 9.17) is 9.26 Å². The van der Waals surface area contributed by atoms with E-state index in [1.807, 2.05) is 0 Å². The van der Waals surface area contributed by atoms with Gasteiger partial charge in [0, 0.05) is 45.2 Å². The summed E-state index contributed by atoms with van der Waals surface area (Å²) in [6.07, 6.45) is -0.348. The number of hydrogen-bond donors (Lipinski definition) is 1. The zero-order chi connectivity index (χ0) is 19.3. The fourth-order valence-corrected chi connectivity index (χ4v) is 2.53. The van der Waals surface area contributed by atoms with E-state index >= 15 is 0 Å². The standard InChI is InChI=1S/C17H26N4O5/c1-12-11-13(19-26-12)15(23)21-9-7-20(8-10-21)14(22)5-6-18-16(24)25-17(2,3)4/h11H,5-10H2,1-4H3,(H,18,24). The largest absolute Gasteiger partial charge is 0.444 e. The lowest BCUT2D eigenvalue weighted by Crippen LogP contribution is -2.51. The highest BCUT2D eigenvalue weighted by atomic mass is 16.6. The maximum atomic E-state index is 12.3. The molecule has 1 fully saturated rings. The maximum Gasteiger partial charge on any atom is 0.407 e. The first-order valence-corrected chi connectivity index (χ1v) is 8.63. The van der Waals surface area contributed by atoms with Gasteiger partial charge in [-0.2, -0.15) is 0 Å². The Bertz CT molecular complexity index is 656. The van der Waals surface area contributed by atoms with Crippen molar-refractivity contribution in [1.29, 1.82) is 0 Å². The van der Waals surface area contributed by atoms with E-state index in [0.29, 0.717) is 31.9 Å². The molecule has 9 nitrogen and oxygen atoms in total. The van der Waals surface area contributed by atoms with Crippen molar-refractivity contribution in [2.75, 3.05) is 32.7 Å². The topological polar surface area (TPSA) is 105 Å². The molecule has 0 aliphatic carbocycles. The zero-order valence-corrected chi connectivity index (χ0v) is 15.7. The van der Waals surface area contributed by atoms with Crippen LogP contribution in [0.25, 0.3) is 0 Å². The molecular formula is C17H26N4O5. The van der Waals surface area contributed by atoms with Gasteiger partial charge in [-0.1, -0.05) is 5.16 Å². The second kappa shape index (κ2) is 8.20. The third kappa shape index (κ3) is 5.75. The van der Waals surface area contributed by atoms with Gasteiger partial charge in [-0.25, -0.2) is 4.79 Å². The summed E-state index contributed by atoms with van der Waals surface area (Å²) >= 11 is 0. The third-order valence-electron chi connectivity index (χ3n) is 3.77. The summed E-state index contributed by atoms with van der Waals surface area (Å²) in [5, 5.41) is 6.30. The molecule has 3 amide bonds. The lowest BCUT2D eigenvalue weighted by atomic mass is 10.2. The lowest BCUT2D eigenvalue weighted by molar-refractivity contribution is -0.132. The maximum absolute atomic E-state index is 12.3. The van der Waals surface area contributed by atoms with Gasteiger partial charge in [0.15, 0.2) is 5.69 Å². The van der Waals surface area contributed by atoms with Gasteiger partial charge in [0.1, 0.15) is 11.4 Å². The minimum Gasteiger partial charge on any atom is -0.444 e. The van der Waals surface area contributed by atoms with Gasteiger partial charge in [-0.05, 0) is 27.7 Å². The summed E-state index contributed by atoms with van der Waals surface area (Å²) in [6.45, 7) is 9.06. The molecule has 2 heterocycles. The molecule has 9 heteroatoms. The number of piperazine rings is 1. The summed E-state index contributed by atoms with van der Waals surface area (Å²) in [4.78, 5) is 39.4. The van der Waals surface area contributed by atoms with Gasteiger partial charge in [0.2, 0.25) is 5.91 Å². The van der Waals surface area contributed by atoms with Crippen molar-refractivity contribution in [3.63, 3.8) is 0 Å². The van der Waals surface area contributed by atoms with E-state index in [0.717, 1.165) is 0 Å². The number of aromatic nitrogens is 1. The molecule has 1 saturated heterocycles. The van der Waals surface area contributed by atoms with Crippen molar-refractivity contribution in [2.45, 2.75) is 39.7 Å². The molecule has 1 aromatic rings. The Morgan fingerprint density at radius 1 is 1.19 bits per heavy atom. The predicted octanol–water partition coefficient (Wildman–Crippen LogP) is 1.18. The fraction of sp³-hybridized carbons (Fsp3) is 0.647. The summed E-state index contributed by atoms with van der Waals surface area (Å²) in [6, 6.07) is 1.60. The number of aryl methyl sites for hydroxylation is 1. The van der Waals surface area contributed by atoms with Crippen LogP contribution in [0, 0.1) is 6.92 Å². The van der Waals surface area contributed by atoms with Crippen LogP contribution in [-0.4, -0.2) is 71.2 Å². The molecule has 1 aliphatic rings. The zero-order valence-electron chi connectivity index (χ0n) is 15.7. The van der Waals surface area contributed by atoms with Gasteiger partial charge in [-0.15, -0.1) is 0 Å². The Balaban J connectivity index is 1.71.